The Morgan fingerprint density at radius 2 is 1.27 bits per heavy atom. The molecule has 4 fully saturated rings. The van der Waals surface area contributed by atoms with E-state index in [0.717, 1.165) is 29.6 Å². The van der Waals surface area contributed by atoms with Gasteiger partial charge in [-0.2, -0.15) is 0 Å². The highest BCUT2D eigenvalue weighted by molar-refractivity contribution is 5.22. The molecule has 5 rings (SSSR count). The lowest BCUT2D eigenvalue weighted by Gasteiger charge is -2.48. The average Bonchev–Trinajstić information content (AvgIpc) is 2.86. The number of hydrogen-bond acceptors (Lipinski definition) is 1. The van der Waals surface area contributed by atoms with Crippen LogP contribution < -0.4 is 0 Å². The molecule has 6 unspecified atom stereocenters. The fourth-order valence-electron chi connectivity index (χ4n) is 7.23. The fourth-order valence-corrected chi connectivity index (χ4v) is 7.23. The van der Waals surface area contributed by atoms with Crippen molar-refractivity contribution in [1.82, 2.24) is 0 Å². The molecule has 0 aromatic rings. The van der Waals surface area contributed by atoms with Gasteiger partial charge in [-0.3, -0.25) is 0 Å². The highest BCUT2D eigenvalue weighted by Crippen LogP contribution is 2.62. The molecule has 0 aromatic carbocycles. The Balaban J connectivity index is 1.53. The summed E-state index contributed by atoms with van der Waals surface area (Å²) in [5.41, 5.74) is 0.161. The van der Waals surface area contributed by atoms with Crippen molar-refractivity contribution in [2.75, 3.05) is 0 Å². The molecule has 22 heavy (non-hydrogen) atoms. The van der Waals surface area contributed by atoms with E-state index in [1.54, 1.807) is 0 Å². The first-order chi connectivity index (χ1) is 10.9. The second-order valence-corrected chi connectivity index (χ2v) is 8.93. The first-order valence-electron chi connectivity index (χ1n) is 10.3. The minimum Gasteiger partial charge on any atom is -0.366 e. The van der Waals surface area contributed by atoms with Gasteiger partial charge >= 0.3 is 0 Å². The molecule has 0 radical (unpaired) electrons. The number of ether oxygens (including phenoxy) is 1. The smallest absolute Gasteiger partial charge is 0.0928 e. The Labute approximate surface area is 135 Å². The van der Waals surface area contributed by atoms with Crippen LogP contribution in [0.3, 0.4) is 0 Å². The second-order valence-electron chi connectivity index (χ2n) is 8.93. The third kappa shape index (κ3) is 1.93. The van der Waals surface area contributed by atoms with Gasteiger partial charge in [-0.1, -0.05) is 50.7 Å². The SMILES string of the molecule is C1=CC2(OC3CCCCC13)C1CCCCC1C1CCCCC12. The van der Waals surface area contributed by atoms with E-state index in [9.17, 15) is 0 Å². The van der Waals surface area contributed by atoms with Crippen molar-refractivity contribution in [3.05, 3.63) is 12.2 Å². The summed E-state index contributed by atoms with van der Waals surface area (Å²) in [5, 5.41) is 0. The monoisotopic (exact) mass is 300 g/mol. The molecule has 0 bridgehead atoms. The second kappa shape index (κ2) is 5.36. The molecule has 6 atom stereocenters. The lowest BCUT2D eigenvalue weighted by atomic mass is 9.71. The van der Waals surface area contributed by atoms with Crippen LogP contribution >= 0.6 is 0 Å². The number of rotatable bonds is 0. The van der Waals surface area contributed by atoms with E-state index in [-0.39, 0.29) is 5.60 Å². The molecule has 1 aliphatic heterocycles. The van der Waals surface area contributed by atoms with E-state index < -0.39 is 0 Å². The normalized spacial score (nSPS) is 53.8. The van der Waals surface area contributed by atoms with E-state index in [1.807, 2.05) is 0 Å². The Morgan fingerprint density at radius 1 is 0.682 bits per heavy atom. The zero-order chi connectivity index (χ0) is 14.6. The van der Waals surface area contributed by atoms with E-state index in [2.05, 4.69) is 12.2 Å². The molecule has 0 aromatic heterocycles. The van der Waals surface area contributed by atoms with Crippen molar-refractivity contribution in [3.63, 3.8) is 0 Å². The van der Waals surface area contributed by atoms with Gasteiger partial charge in [-0.25, -0.2) is 0 Å². The summed E-state index contributed by atoms with van der Waals surface area (Å²) in [6.45, 7) is 0. The van der Waals surface area contributed by atoms with Crippen LogP contribution in [0.15, 0.2) is 12.2 Å². The Morgan fingerprint density at radius 3 is 2.00 bits per heavy atom. The van der Waals surface area contributed by atoms with Gasteiger partial charge in [-0.15, -0.1) is 0 Å². The topological polar surface area (TPSA) is 9.23 Å². The van der Waals surface area contributed by atoms with Crippen molar-refractivity contribution >= 4 is 0 Å². The third-order valence-electron chi connectivity index (χ3n) is 8.06. The molecule has 1 heterocycles. The van der Waals surface area contributed by atoms with Gasteiger partial charge in [0.15, 0.2) is 0 Å². The van der Waals surface area contributed by atoms with Gasteiger partial charge in [0.25, 0.3) is 0 Å². The lowest BCUT2D eigenvalue weighted by Crippen LogP contribution is -2.50. The zero-order valence-corrected chi connectivity index (χ0v) is 14.0. The lowest BCUT2D eigenvalue weighted by molar-refractivity contribution is -0.151. The maximum atomic E-state index is 7.09. The predicted molar refractivity (Wildman–Crippen MR) is 89.6 cm³/mol. The molecular formula is C21H32O. The van der Waals surface area contributed by atoms with E-state index >= 15 is 0 Å². The number of hydrogen-bond donors (Lipinski definition) is 0. The van der Waals surface area contributed by atoms with Crippen LogP contribution in [0.2, 0.25) is 0 Å². The first-order valence-corrected chi connectivity index (χ1v) is 10.3. The summed E-state index contributed by atoms with van der Waals surface area (Å²) in [5.74, 6) is 4.43. The van der Waals surface area contributed by atoms with Crippen molar-refractivity contribution < 1.29 is 4.74 Å². The van der Waals surface area contributed by atoms with E-state index in [4.69, 9.17) is 4.74 Å². The van der Waals surface area contributed by atoms with E-state index in [0.29, 0.717) is 6.10 Å². The molecule has 1 nitrogen and oxygen atoms in total. The molecule has 0 saturated heterocycles. The van der Waals surface area contributed by atoms with Crippen LogP contribution in [0, 0.1) is 29.6 Å². The Bertz CT molecular complexity index is 431. The molecule has 5 aliphatic rings. The summed E-state index contributed by atoms with van der Waals surface area (Å²) >= 11 is 0. The highest BCUT2D eigenvalue weighted by Gasteiger charge is 2.61. The Kier molecular flexibility index (Phi) is 3.43. The summed E-state index contributed by atoms with van der Waals surface area (Å²) < 4.78 is 7.09. The van der Waals surface area contributed by atoms with Gasteiger partial charge in [0.1, 0.15) is 0 Å². The van der Waals surface area contributed by atoms with Crippen LogP contribution in [0.4, 0.5) is 0 Å². The molecule has 0 N–H and O–H groups in total. The maximum Gasteiger partial charge on any atom is 0.0928 e. The van der Waals surface area contributed by atoms with Crippen LogP contribution in [-0.2, 0) is 4.74 Å². The molecule has 0 amide bonds. The largest absolute Gasteiger partial charge is 0.366 e. The van der Waals surface area contributed by atoms with Crippen molar-refractivity contribution in [2.45, 2.75) is 88.8 Å². The molecule has 4 saturated carbocycles. The van der Waals surface area contributed by atoms with Gasteiger partial charge < -0.3 is 4.74 Å². The van der Waals surface area contributed by atoms with Crippen molar-refractivity contribution in [1.29, 1.82) is 0 Å². The summed E-state index contributed by atoms with van der Waals surface area (Å²) in [6, 6.07) is 0. The highest BCUT2D eigenvalue weighted by atomic mass is 16.5. The Hall–Kier alpha value is -0.300. The molecular weight excluding hydrogens is 268 g/mol. The van der Waals surface area contributed by atoms with Crippen LogP contribution in [0.1, 0.15) is 77.0 Å². The molecule has 1 heteroatoms. The maximum absolute atomic E-state index is 7.09. The third-order valence-corrected chi connectivity index (χ3v) is 8.06. The fraction of sp³-hybridized carbons (Fsp3) is 0.905. The standard InChI is InChI=1S/C21H32O/c1-6-12-20-15(7-1)13-14-21(22-20)18-10-4-2-8-16(18)17-9-3-5-11-19(17)21/h13-20H,1-12H2. The number of fused-ring (bicyclic) bond motifs is 6. The molecule has 122 valence electrons. The summed E-state index contributed by atoms with van der Waals surface area (Å²) in [6.07, 6.45) is 23.1. The van der Waals surface area contributed by atoms with Gasteiger partial charge in [0, 0.05) is 5.92 Å². The van der Waals surface area contributed by atoms with Crippen LogP contribution in [0.25, 0.3) is 0 Å². The average molecular weight is 300 g/mol. The predicted octanol–water partition coefficient (Wildman–Crippen LogP) is 5.50. The van der Waals surface area contributed by atoms with Crippen molar-refractivity contribution in [2.24, 2.45) is 29.6 Å². The minimum atomic E-state index is 0.161. The van der Waals surface area contributed by atoms with Crippen molar-refractivity contribution in [3.8, 4) is 0 Å². The van der Waals surface area contributed by atoms with Gasteiger partial charge in [-0.05, 0) is 62.2 Å². The minimum absolute atomic E-state index is 0.161. The zero-order valence-electron chi connectivity index (χ0n) is 14.0. The van der Waals surface area contributed by atoms with Crippen LogP contribution in [-0.4, -0.2) is 11.7 Å². The summed E-state index contributed by atoms with van der Waals surface area (Å²) in [4.78, 5) is 0. The van der Waals surface area contributed by atoms with E-state index in [1.165, 1.54) is 77.0 Å². The molecule has 1 spiro atoms. The van der Waals surface area contributed by atoms with Gasteiger partial charge in [0.05, 0.1) is 11.7 Å². The molecule has 4 aliphatic carbocycles. The quantitative estimate of drug-likeness (QED) is 0.537. The summed E-state index contributed by atoms with van der Waals surface area (Å²) in [7, 11) is 0. The van der Waals surface area contributed by atoms with Gasteiger partial charge in [0.2, 0.25) is 0 Å². The van der Waals surface area contributed by atoms with Crippen LogP contribution in [0.5, 0.6) is 0 Å². The first kappa shape index (κ1) is 14.1.